The van der Waals surface area contributed by atoms with E-state index < -0.39 is 11.6 Å². The third-order valence-electron chi connectivity index (χ3n) is 2.80. The fourth-order valence-corrected chi connectivity index (χ4v) is 2.04. The maximum atomic E-state index is 14.0. The number of aromatic amines is 1. The van der Waals surface area contributed by atoms with Crippen molar-refractivity contribution in [3.05, 3.63) is 35.2 Å². The van der Waals surface area contributed by atoms with Crippen LogP contribution < -0.4 is 4.74 Å². The van der Waals surface area contributed by atoms with Gasteiger partial charge in [0.05, 0.1) is 18.1 Å². The summed E-state index contributed by atoms with van der Waals surface area (Å²) in [5, 5.41) is 6.98. The van der Waals surface area contributed by atoms with Gasteiger partial charge in [-0.1, -0.05) is 0 Å². The minimum absolute atomic E-state index is 0.0272. The van der Waals surface area contributed by atoms with E-state index in [0.717, 1.165) is 6.07 Å². The zero-order chi connectivity index (χ0) is 14.3. The van der Waals surface area contributed by atoms with Crippen LogP contribution in [0.3, 0.4) is 0 Å². The van der Waals surface area contributed by atoms with E-state index in [2.05, 4.69) is 20.2 Å². The Bertz CT molecular complexity index is 805. The molecule has 0 radical (unpaired) electrons. The van der Waals surface area contributed by atoms with Gasteiger partial charge in [-0.2, -0.15) is 10.1 Å². The van der Waals surface area contributed by atoms with Gasteiger partial charge in [0.1, 0.15) is 11.4 Å². The van der Waals surface area contributed by atoms with Gasteiger partial charge < -0.3 is 4.74 Å². The zero-order valence-electron chi connectivity index (χ0n) is 10.1. The molecule has 0 unspecified atom stereocenters. The highest BCUT2D eigenvalue weighted by Crippen LogP contribution is 2.36. The lowest BCUT2D eigenvalue weighted by Crippen LogP contribution is -1.96. The van der Waals surface area contributed by atoms with Crippen molar-refractivity contribution in [1.82, 2.24) is 20.2 Å². The average Bonchev–Trinajstić information content (AvgIpc) is 2.84. The number of aromatic nitrogens is 4. The van der Waals surface area contributed by atoms with E-state index in [1.807, 2.05) is 0 Å². The number of nitrogens with one attached hydrogen (secondary N) is 1. The second kappa shape index (κ2) is 4.68. The van der Waals surface area contributed by atoms with Gasteiger partial charge in [0, 0.05) is 6.20 Å². The lowest BCUT2D eigenvalue weighted by molar-refractivity contribution is 0.409. The van der Waals surface area contributed by atoms with Crippen molar-refractivity contribution in [1.29, 1.82) is 0 Å². The van der Waals surface area contributed by atoms with Gasteiger partial charge >= 0.3 is 0 Å². The van der Waals surface area contributed by atoms with E-state index in [0.29, 0.717) is 11.0 Å². The molecule has 0 aliphatic heterocycles. The van der Waals surface area contributed by atoms with Gasteiger partial charge in [-0.05, 0) is 23.7 Å². The summed E-state index contributed by atoms with van der Waals surface area (Å²) in [6.45, 7) is 0. The SMILES string of the molecule is COc1ccc(F)c(F)c1-c1n[nH]c2nc(Cl)ncc12. The molecule has 0 aliphatic rings. The molecule has 20 heavy (non-hydrogen) atoms. The molecular weight excluding hydrogens is 290 g/mol. The van der Waals surface area contributed by atoms with E-state index in [1.54, 1.807) is 0 Å². The molecule has 3 rings (SSSR count). The molecule has 2 heterocycles. The second-order valence-corrected chi connectivity index (χ2v) is 4.25. The summed E-state index contributed by atoms with van der Waals surface area (Å²) in [5.41, 5.74) is 0.390. The molecule has 0 amide bonds. The van der Waals surface area contributed by atoms with E-state index >= 15 is 0 Å². The summed E-state index contributed by atoms with van der Waals surface area (Å²) in [5.74, 6) is -1.88. The summed E-state index contributed by atoms with van der Waals surface area (Å²) in [4.78, 5) is 7.72. The molecule has 0 atom stereocenters. The quantitative estimate of drug-likeness (QED) is 0.739. The molecule has 102 valence electrons. The Balaban J connectivity index is 2.33. The van der Waals surface area contributed by atoms with Crippen molar-refractivity contribution in [2.24, 2.45) is 0 Å². The fraction of sp³-hybridized carbons (Fsp3) is 0.0833. The molecular formula is C12H7ClF2N4O. The van der Waals surface area contributed by atoms with Gasteiger partial charge in [-0.3, -0.25) is 5.10 Å². The minimum Gasteiger partial charge on any atom is -0.496 e. The van der Waals surface area contributed by atoms with Crippen molar-refractivity contribution in [2.75, 3.05) is 7.11 Å². The molecule has 5 nitrogen and oxygen atoms in total. The van der Waals surface area contributed by atoms with E-state index in [1.165, 1.54) is 19.4 Å². The van der Waals surface area contributed by atoms with Gasteiger partial charge in [-0.25, -0.2) is 13.8 Å². The van der Waals surface area contributed by atoms with Gasteiger partial charge in [0.15, 0.2) is 17.3 Å². The number of nitrogens with zero attached hydrogens (tertiary/aromatic N) is 3. The summed E-state index contributed by atoms with van der Waals surface area (Å²) >= 11 is 5.66. The van der Waals surface area contributed by atoms with Crippen LogP contribution in [0.2, 0.25) is 5.28 Å². The van der Waals surface area contributed by atoms with Crippen LogP contribution >= 0.6 is 11.6 Å². The molecule has 8 heteroatoms. The largest absolute Gasteiger partial charge is 0.496 e. The van der Waals surface area contributed by atoms with Crippen LogP contribution in [-0.2, 0) is 0 Å². The first-order valence-electron chi connectivity index (χ1n) is 5.50. The molecule has 0 spiro atoms. The van der Waals surface area contributed by atoms with Crippen LogP contribution in [0.25, 0.3) is 22.3 Å². The Morgan fingerprint density at radius 2 is 2.10 bits per heavy atom. The van der Waals surface area contributed by atoms with E-state index in [4.69, 9.17) is 16.3 Å². The first-order valence-corrected chi connectivity index (χ1v) is 5.88. The predicted molar refractivity (Wildman–Crippen MR) is 68.6 cm³/mol. The Morgan fingerprint density at radius 3 is 2.85 bits per heavy atom. The smallest absolute Gasteiger partial charge is 0.224 e. The van der Waals surface area contributed by atoms with Crippen LogP contribution in [0.4, 0.5) is 8.78 Å². The Hall–Kier alpha value is -2.28. The Kier molecular flexibility index (Phi) is 2.98. The standard InChI is InChI=1S/C12H7ClF2N4O/c1-20-7-3-2-6(14)9(15)8(7)10-5-4-16-12(13)17-11(5)19-18-10/h2-4H,1H3,(H,16,17,18,19). The predicted octanol–water partition coefficient (Wildman–Crippen LogP) is 2.96. The van der Waals surface area contributed by atoms with E-state index in [9.17, 15) is 8.78 Å². The fourth-order valence-electron chi connectivity index (χ4n) is 1.90. The minimum atomic E-state index is -1.05. The lowest BCUT2D eigenvalue weighted by atomic mass is 10.1. The number of ether oxygens (including phenoxy) is 1. The molecule has 2 aromatic heterocycles. The normalized spacial score (nSPS) is 11.0. The van der Waals surface area contributed by atoms with Crippen molar-refractivity contribution in [2.45, 2.75) is 0 Å². The number of benzene rings is 1. The van der Waals surface area contributed by atoms with Crippen molar-refractivity contribution in [3.63, 3.8) is 0 Å². The number of H-pyrrole nitrogens is 1. The summed E-state index contributed by atoms with van der Waals surface area (Å²) in [6, 6.07) is 2.31. The number of hydrogen-bond donors (Lipinski definition) is 1. The average molecular weight is 297 g/mol. The van der Waals surface area contributed by atoms with Gasteiger partial charge in [-0.15, -0.1) is 0 Å². The number of fused-ring (bicyclic) bond motifs is 1. The summed E-state index contributed by atoms with van der Waals surface area (Å²) < 4.78 is 32.5. The molecule has 0 saturated heterocycles. The first-order chi connectivity index (χ1) is 9.61. The number of rotatable bonds is 2. The van der Waals surface area contributed by atoms with Gasteiger partial charge in [0.2, 0.25) is 5.28 Å². The van der Waals surface area contributed by atoms with E-state index in [-0.39, 0.29) is 22.3 Å². The molecule has 0 bridgehead atoms. The van der Waals surface area contributed by atoms with Crippen LogP contribution in [0, 0.1) is 11.6 Å². The third kappa shape index (κ3) is 1.87. The van der Waals surface area contributed by atoms with Crippen LogP contribution in [0.5, 0.6) is 5.75 Å². The van der Waals surface area contributed by atoms with Crippen LogP contribution in [0.1, 0.15) is 0 Å². The number of hydrogen-bond acceptors (Lipinski definition) is 4. The molecule has 3 aromatic rings. The highest BCUT2D eigenvalue weighted by atomic mass is 35.5. The second-order valence-electron chi connectivity index (χ2n) is 3.91. The van der Waals surface area contributed by atoms with Crippen LogP contribution in [-0.4, -0.2) is 27.3 Å². The monoisotopic (exact) mass is 296 g/mol. The molecule has 1 aromatic carbocycles. The van der Waals surface area contributed by atoms with Crippen molar-refractivity contribution >= 4 is 22.6 Å². The molecule has 0 fully saturated rings. The Morgan fingerprint density at radius 1 is 1.30 bits per heavy atom. The lowest BCUT2D eigenvalue weighted by Gasteiger charge is -2.08. The first kappa shape index (κ1) is 12.7. The maximum absolute atomic E-state index is 14.0. The zero-order valence-corrected chi connectivity index (χ0v) is 10.9. The molecule has 0 aliphatic carbocycles. The summed E-state index contributed by atoms with van der Waals surface area (Å²) in [7, 11) is 1.36. The Labute approximate surface area is 116 Å². The maximum Gasteiger partial charge on any atom is 0.224 e. The van der Waals surface area contributed by atoms with Gasteiger partial charge in [0.25, 0.3) is 0 Å². The molecule has 1 N–H and O–H groups in total. The van der Waals surface area contributed by atoms with Crippen LogP contribution in [0.15, 0.2) is 18.3 Å². The highest BCUT2D eigenvalue weighted by Gasteiger charge is 2.21. The summed E-state index contributed by atoms with van der Waals surface area (Å²) in [6.07, 6.45) is 1.38. The number of halogens is 3. The topological polar surface area (TPSA) is 63.7 Å². The highest BCUT2D eigenvalue weighted by molar-refractivity contribution is 6.28. The molecule has 0 saturated carbocycles. The van der Waals surface area contributed by atoms with Crippen molar-refractivity contribution in [3.8, 4) is 17.0 Å². The number of methoxy groups -OCH3 is 1. The van der Waals surface area contributed by atoms with Crippen molar-refractivity contribution < 1.29 is 13.5 Å². The third-order valence-corrected chi connectivity index (χ3v) is 2.98.